The zero-order valence-electron chi connectivity index (χ0n) is 13.2. The Morgan fingerprint density at radius 1 is 1.08 bits per heavy atom. The summed E-state index contributed by atoms with van der Waals surface area (Å²) < 4.78 is 1.42. The molecule has 0 radical (unpaired) electrons. The third kappa shape index (κ3) is 4.05. The van der Waals surface area contributed by atoms with Crippen molar-refractivity contribution in [2.24, 2.45) is 5.73 Å². The zero-order chi connectivity index (χ0) is 17.6. The Morgan fingerprint density at radius 3 is 2.40 bits per heavy atom. The standard InChI is InChI=1S/C17H16N6O2/c18-16(24)13-6-8-14(9-7-13)20-17(25)15(23-11-19-21-22-23)10-12-4-2-1-3-5-12/h1-9,11,15H,10H2,(H2,18,24)(H,20,25)/t15-/m1/s1. The number of aromatic nitrogens is 4. The maximum atomic E-state index is 12.7. The van der Waals surface area contributed by atoms with Crippen LogP contribution in [0.15, 0.2) is 60.9 Å². The first-order valence-corrected chi connectivity index (χ1v) is 7.60. The molecule has 0 aliphatic carbocycles. The van der Waals surface area contributed by atoms with E-state index in [1.54, 1.807) is 24.3 Å². The van der Waals surface area contributed by atoms with E-state index in [2.05, 4.69) is 20.8 Å². The Bertz CT molecular complexity index is 847. The second-order valence-electron chi connectivity index (χ2n) is 5.43. The van der Waals surface area contributed by atoms with Crippen molar-refractivity contribution in [1.82, 2.24) is 20.2 Å². The highest BCUT2D eigenvalue weighted by Gasteiger charge is 2.22. The Labute approximate surface area is 143 Å². The number of primary amides is 1. The summed E-state index contributed by atoms with van der Waals surface area (Å²) in [6, 6.07) is 15.4. The van der Waals surface area contributed by atoms with Crippen molar-refractivity contribution in [3.05, 3.63) is 72.1 Å². The van der Waals surface area contributed by atoms with E-state index in [9.17, 15) is 9.59 Å². The van der Waals surface area contributed by atoms with E-state index < -0.39 is 11.9 Å². The number of anilines is 1. The lowest BCUT2D eigenvalue weighted by Gasteiger charge is -2.16. The second kappa shape index (κ2) is 7.35. The van der Waals surface area contributed by atoms with Gasteiger partial charge in [-0.2, -0.15) is 0 Å². The van der Waals surface area contributed by atoms with Crippen LogP contribution in [0.1, 0.15) is 22.0 Å². The smallest absolute Gasteiger partial charge is 0.249 e. The van der Waals surface area contributed by atoms with Crippen molar-refractivity contribution in [2.75, 3.05) is 5.32 Å². The molecule has 3 rings (SSSR count). The summed E-state index contributed by atoms with van der Waals surface area (Å²) in [5.74, 6) is -0.781. The minimum absolute atomic E-state index is 0.261. The largest absolute Gasteiger partial charge is 0.366 e. The lowest BCUT2D eigenvalue weighted by Crippen LogP contribution is -2.28. The van der Waals surface area contributed by atoms with Crippen LogP contribution in [0.2, 0.25) is 0 Å². The normalized spacial score (nSPS) is 11.7. The van der Waals surface area contributed by atoms with E-state index in [4.69, 9.17) is 5.73 Å². The Morgan fingerprint density at radius 2 is 1.80 bits per heavy atom. The highest BCUT2D eigenvalue weighted by atomic mass is 16.2. The molecule has 3 N–H and O–H groups in total. The fraction of sp³-hybridized carbons (Fsp3) is 0.118. The van der Waals surface area contributed by atoms with Crippen molar-refractivity contribution in [1.29, 1.82) is 0 Å². The SMILES string of the molecule is NC(=O)c1ccc(NC(=O)[C@@H](Cc2ccccc2)n2cnnn2)cc1. The van der Waals surface area contributed by atoms with Crippen LogP contribution in [0.25, 0.3) is 0 Å². The maximum Gasteiger partial charge on any atom is 0.249 e. The summed E-state index contributed by atoms with van der Waals surface area (Å²) in [4.78, 5) is 23.8. The molecule has 0 saturated carbocycles. The monoisotopic (exact) mass is 336 g/mol. The summed E-state index contributed by atoms with van der Waals surface area (Å²) in [5.41, 5.74) is 7.13. The van der Waals surface area contributed by atoms with Crippen LogP contribution >= 0.6 is 0 Å². The molecule has 0 spiro atoms. The number of amides is 2. The summed E-state index contributed by atoms with van der Waals surface area (Å²) in [6.07, 6.45) is 1.85. The van der Waals surface area contributed by atoms with Crippen LogP contribution in [0, 0.1) is 0 Å². The van der Waals surface area contributed by atoms with Gasteiger partial charge >= 0.3 is 0 Å². The van der Waals surface area contributed by atoms with Gasteiger partial charge in [0.1, 0.15) is 12.4 Å². The van der Waals surface area contributed by atoms with E-state index in [1.807, 2.05) is 30.3 Å². The number of carbonyl (C=O) groups is 2. The number of tetrazole rings is 1. The minimum Gasteiger partial charge on any atom is -0.366 e. The van der Waals surface area contributed by atoms with E-state index >= 15 is 0 Å². The number of nitrogens with two attached hydrogens (primary N) is 1. The second-order valence-corrected chi connectivity index (χ2v) is 5.43. The first-order valence-electron chi connectivity index (χ1n) is 7.60. The van der Waals surface area contributed by atoms with Crippen LogP contribution in [0.5, 0.6) is 0 Å². The average Bonchev–Trinajstić information content (AvgIpc) is 3.15. The highest BCUT2D eigenvalue weighted by Crippen LogP contribution is 2.17. The quantitative estimate of drug-likeness (QED) is 0.701. The molecular weight excluding hydrogens is 320 g/mol. The predicted molar refractivity (Wildman–Crippen MR) is 90.6 cm³/mol. The molecule has 126 valence electrons. The molecule has 0 aliphatic rings. The van der Waals surface area contributed by atoms with Gasteiger partial charge in [0, 0.05) is 17.7 Å². The molecule has 3 aromatic rings. The van der Waals surface area contributed by atoms with Crippen molar-refractivity contribution in [2.45, 2.75) is 12.5 Å². The van der Waals surface area contributed by atoms with Gasteiger partial charge in [0.05, 0.1) is 0 Å². The molecule has 2 aromatic carbocycles. The zero-order valence-corrected chi connectivity index (χ0v) is 13.2. The number of hydrogen-bond acceptors (Lipinski definition) is 5. The Kier molecular flexibility index (Phi) is 4.79. The number of nitrogens with zero attached hydrogens (tertiary/aromatic N) is 4. The van der Waals surface area contributed by atoms with Crippen molar-refractivity contribution < 1.29 is 9.59 Å². The van der Waals surface area contributed by atoms with Gasteiger partial charge in [-0.05, 0) is 40.3 Å². The van der Waals surface area contributed by atoms with Crippen LogP contribution in [-0.4, -0.2) is 32.0 Å². The van der Waals surface area contributed by atoms with E-state index in [-0.39, 0.29) is 5.91 Å². The minimum atomic E-state index is -0.604. The van der Waals surface area contributed by atoms with Crippen LogP contribution in [-0.2, 0) is 11.2 Å². The molecular formula is C17H16N6O2. The van der Waals surface area contributed by atoms with Gasteiger partial charge in [-0.25, -0.2) is 4.68 Å². The molecule has 0 unspecified atom stereocenters. The molecule has 2 amide bonds. The first-order chi connectivity index (χ1) is 12.1. The number of hydrogen-bond donors (Lipinski definition) is 2. The lowest BCUT2D eigenvalue weighted by atomic mass is 10.1. The van der Waals surface area contributed by atoms with Gasteiger partial charge in [0.15, 0.2) is 0 Å². The van der Waals surface area contributed by atoms with Gasteiger partial charge in [0.2, 0.25) is 11.8 Å². The van der Waals surface area contributed by atoms with Crippen molar-refractivity contribution in [3.63, 3.8) is 0 Å². The number of rotatable bonds is 6. The molecule has 1 aromatic heterocycles. The fourth-order valence-electron chi connectivity index (χ4n) is 2.40. The maximum absolute atomic E-state index is 12.7. The highest BCUT2D eigenvalue weighted by molar-refractivity contribution is 5.96. The van der Waals surface area contributed by atoms with Gasteiger partial charge in [-0.15, -0.1) is 5.10 Å². The van der Waals surface area contributed by atoms with Crippen LogP contribution < -0.4 is 11.1 Å². The van der Waals surface area contributed by atoms with Gasteiger partial charge in [-0.1, -0.05) is 30.3 Å². The van der Waals surface area contributed by atoms with Crippen LogP contribution in [0.4, 0.5) is 5.69 Å². The average molecular weight is 336 g/mol. The van der Waals surface area contributed by atoms with Gasteiger partial charge < -0.3 is 11.1 Å². The molecule has 25 heavy (non-hydrogen) atoms. The van der Waals surface area contributed by atoms with Crippen molar-refractivity contribution >= 4 is 17.5 Å². The topological polar surface area (TPSA) is 116 Å². The molecule has 0 aliphatic heterocycles. The lowest BCUT2D eigenvalue weighted by molar-refractivity contribution is -0.119. The van der Waals surface area contributed by atoms with E-state index in [0.717, 1.165) is 5.56 Å². The van der Waals surface area contributed by atoms with Crippen molar-refractivity contribution in [3.8, 4) is 0 Å². The van der Waals surface area contributed by atoms with E-state index in [1.165, 1.54) is 11.0 Å². The summed E-state index contributed by atoms with van der Waals surface area (Å²) in [5, 5.41) is 13.9. The predicted octanol–water partition coefficient (Wildman–Crippen LogP) is 1.19. The van der Waals surface area contributed by atoms with Gasteiger partial charge in [0.25, 0.3) is 0 Å². The molecule has 1 atom stereocenters. The third-order valence-electron chi connectivity index (χ3n) is 3.70. The van der Waals surface area contributed by atoms with Gasteiger partial charge in [-0.3, -0.25) is 9.59 Å². The number of nitrogens with one attached hydrogen (secondary N) is 1. The van der Waals surface area contributed by atoms with E-state index in [0.29, 0.717) is 17.7 Å². The molecule has 0 bridgehead atoms. The molecule has 0 saturated heterocycles. The summed E-state index contributed by atoms with van der Waals surface area (Å²) >= 11 is 0. The molecule has 0 fully saturated rings. The molecule has 8 nitrogen and oxygen atoms in total. The third-order valence-corrected chi connectivity index (χ3v) is 3.70. The Hall–Kier alpha value is -3.55. The Balaban J connectivity index is 1.78. The summed E-state index contributed by atoms with van der Waals surface area (Å²) in [7, 11) is 0. The van der Waals surface area contributed by atoms with Crippen LogP contribution in [0.3, 0.4) is 0 Å². The summed E-state index contributed by atoms with van der Waals surface area (Å²) in [6.45, 7) is 0. The number of benzene rings is 2. The molecule has 8 heteroatoms. The fourth-order valence-corrected chi connectivity index (χ4v) is 2.40. The number of carbonyl (C=O) groups excluding carboxylic acids is 2. The molecule has 1 heterocycles. The first kappa shape index (κ1) is 16.3.